The second-order valence-electron chi connectivity index (χ2n) is 4.57. The zero-order valence-electron chi connectivity index (χ0n) is 9.76. The Hall–Kier alpha value is -0.900. The monoisotopic (exact) mass is 220 g/mol. The predicted molar refractivity (Wildman–Crippen MR) is 64.8 cm³/mol. The normalized spacial score (nSPS) is 22.9. The lowest BCUT2D eigenvalue weighted by Crippen LogP contribution is -2.55. The Labute approximate surface area is 96.9 Å². The summed E-state index contributed by atoms with van der Waals surface area (Å²) in [7, 11) is 0. The standard InChI is InChI=1S/C13H20N2O/c1-11(14)13(16,15-9-5-6-10-15)12-7-3-2-4-8-12/h2-4,7-8,11,16H,5-6,9-10,14H2,1H3/t11-,13+/m1/s1. The summed E-state index contributed by atoms with van der Waals surface area (Å²) in [6.07, 6.45) is 2.28. The van der Waals surface area contributed by atoms with Crippen LogP contribution in [0.1, 0.15) is 25.3 Å². The van der Waals surface area contributed by atoms with Gasteiger partial charge in [-0.15, -0.1) is 0 Å². The number of nitrogens with two attached hydrogens (primary N) is 1. The number of hydrogen-bond acceptors (Lipinski definition) is 3. The van der Waals surface area contributed by atoms with E-state index in [0.717, 1.165) is 31.5 Å². The maximum atomic E-state index is 10.9. The molecule has 1 aliphatic rings. The largest absolute Gasteiger partial charge is 0.370 e. The smallest absolute Gasteiger partial charge is 0.159 e. The summed E-state index contributed by atoms with van der Waals surface area (Å²) in [5.74, 6) is 0. The van der Waals surface area contributed by atoms with E-state index in [1.54, 1.807) is 0 Å². The van der Waals surface area contributed by atoms with Crippen LogP contribution in [-0.2, 0) is 5.72 Å². The van der Waals surface area contributed by atoms with Crippen molar-refractivity contribution in [3.8, 4) is 0 Å². The summed E-state index contributed by atoms with van der Waals surface area (Å²) in [6, 6.07) is 9.43. The van der Waals surface area contributed by atoms with Crippen molar-refractivity contribution >= 4 is 0 Å². The van der Waals surface area contributed by atoms with Crippen LogP contribution in [0.2, 0.25) is 0 Å². The average Bonchev–Trinajstić information content (AvgIpc) is 2.82. The third kappa shape index (κ3) is 1.86. The van der Waals surface area contributed by atoms with Gasteiger partial charge in [-0.05, 0) is 19.8 Å². The number of likely N-dealkylation sites (tertiary alicyclic amines) is 1. The van der Waals surface area contributed by atoms with E-state index < -0.39 is 5.72 Å². The van der Waals surface area contributed by atoms with Gasteiger partial charge in [0.25, 0.3) is 0 Å². The Morgan fingerprint density at radius 3 is 2.31 bits per heavy atom. The first kappa shape index (κ1) is 11.6. The van der Waals surface area contributed by atoms with Gasteiger partial charge in [-0.2, -0.15) is 0 Å². The summed E-state index contributed by atoms with van der Waals surface area (Å²) >= 11 is 0. The molecule has 1 saturated heterocycles. The SMILES string of the molecule is C[C@@H](N)[C@](O)(c1ccccc1)N1CCCC1. The molecule has 16 heavy (non-hydrogen) atoms. The number of nitrogens with zero attached hydrogens (tertiary/aromatic N) is 1. The van der Waals surface area contributed by atoms with Crippen molar-refractivity contribution in [1.82, 2.24) is 4.90 Å². The number of rotatable bonds is 3. The molecule has 0 bridgehead atoms. The Kier molecular flexibility index (Phi) is 3.28. The summed E-state index contributed by atoms with van der Waals surface area (Å²) in [5.41, 5.74) is 5.87. The lowest BCUT2D eigenvalue weighted by Gasteiger charge is -2.40. The number of hydrogen-bond donors (Lipinski definition) is 2. The molecular formula is C13H20N2O. The van der Waals surface area contributed by atoms with E-state index in [0.29, 0.717) is 0 Å². The van der Waals surface area contributed by atoms with Gasteiger partial charge in [-0.25, -0.2) is 0 Å². The lowest BCUT2D eigenvalue weighted by atomic mass is 9.95. The van der Waals surface area contributed by atoms with E-state index in [4.69, 9.17) is 5.73 Å². The van der Waals surface area contributed by atoms with Gasteiger partial charge in [-0.3, -0.25) is 4.90 Å². The van der Waals surface area contributed by atoms with E-state index in [9.17, 15) is 5.11 Å². The van der Waals surface area contributed by atoms with E-state index >= 15 is 0 Å². The van der Waals surface area contributed by atoms with Crippen LogP contribution in [0.25, 0.3) is 0 Å². The van der Waals surface area contributed by atoms with Gasteiger partial charge in [0.05, 0.1) is 0 Å². The Bertz CT molecular complexity index is 333. The second kappa shape index (κ2) is 4.53. The highest BCUT2D eigenvalue weighted by molar-refractivity contribution is 5.23. The molecule has 0 amide bonds. The van der Waals surface area contributed by atoms with Crippen molar-refractivity contribution in [3.63, 3.8) is 0 Å². The first-order valence-electron chi connectivity index (χ1n) is 5.94. The number of benzene rings is 1. The maximum Gasteiger partial charge on any atom is 0.159 e. The molecule has 0 unspecified atom stereocenters. The van der Waals surface area contributed by atoms with E-state index in [-0.39, 0.29) is 6.04 Å². The Balaban J connectivity index is 2.35. The summed E-state index contributed by atoms with van der Waals surface area (Å²) in [4.78, 5) is 2.09. The fraction of sp³-hybridized carbons (Fsp3) is 0.538. The van der Waals surface area contributed by atoms with E-state index in [1.165, 1.54) is 0 Å². The molecule has 3 N–H and O–H groups in total. The molecule has 0 radical (unpaired) electrons. The third-order valence-corrected chi connectivity index (χ3v) is 3.42. The highest BCUT2D eigenvalue weighted by Gasteiger charge is 2.40. The topological polar surface area (TPSA) is 49.5 Å². The molecule has 0 spiro atoms. The van der Waals surface area contributed by atoms with Gasteiger partial charge in [0.2, 0.25) is 0 Å². The molecule has 1 aromatic carbocycles. The van der Waals surface area contributed by atoms with Crippen LogP contribution in [-0.4, -0.2) is 29.1 Å². The fourth-order valence-electron chi connectivity index (χ4n) is 2.47. The van der Waals surface area contributed by atoms with Crippen molar-refractivity contribution in [3.05, 3.63) is 35.9 Å². The van der Waals surface area contributed by atoms with Gasteiger partial charge in [0.1, 0.15) is 0 Å². The molecule has 1 fully saturated rings. The molecule has 0 aliphatic carbocycles. The van der Waals surface area contributed by atoms with Gasteiger partial charge in [-0.1, -0.05) is 30.3 Å². The molecule has 0 aromatic heterocycles. The molecule has 3 nitrogen and oxygen atoms in total. The van der Waals surface area contributed by atoms with Crippen molar-refractivity contribution in [2.75, 3.05) is 13.1 Å². The van der Waals surface area contributed by atoms with Crippen LogP contribution >= 0.6 is 0 Å². The zero-order chi connectivity index (χ0) is 11.6. The zero-order valence-corrected chi connectivity index (χ0v) is 9.76. The Morgan fingerprint density at radius 1 is 1.25 bits per heavy atom. The van der Waals surface area contributed by atoms with Crippen molar-refractivity contribution in [1.29, 1.82) is 0 Å². The minimum Gasteiger partial charge on any atom is -0.370 e. The van der Waals surface area contributed by atoms with E-state index in [1.807, 2.05) is 37.3 Å². The van der Waals surface area contributed by atoms with Crippen LogP contribution < -0.4 is 5.73 Å². The summed E-state index contributed by atoms with van der Waals surface area (Å²) in [6.45, 7) is 3.71. The molecule has 1 heterocycles. The minimum absolute atomic E-state index is 0.298. The van der Waals surface area contributed by atoms with Crippen LogP contribution in [0.3, 0.4) is 0 Å². The lowest BCUT2D eigenvalue weighted by molar-refractivity contribution is -0.120. The highest BCUT2D eigenvalue weighted by Crippen LogP contribution is 2.31. The molecule has 1 aliphatic heterocycles. The van der Waals surface area contributed by atoms with Gasteiger partial charge in [0.15, 0.2) is 5.72 Å². The summed E-state index contributed by atoms with van der Waals surface area (Å²) < 4.78 is 0. The molecule has 2 rings (SSSR count). The number of aliphatic hydroxyl groups is 1. The van der Waals surface area contributed by atoms with Crippen LogP contribution in [0.15, 0.2) is 30.3 Å². The highest BCUT2D eigenvalue weighted by atomic mass is 16.3. The van der Waals surface area contributed by atoms with Crippen molar-refractivity contribution in [2.24, 2.45) is 5.73 Å². The van der Waals surface area contributed by atoms with Gasteiger partial charge in [0, 0.05) is 24.7 Å². The quantitative estimate of drug-likeness (QED) is 0.806. The first-order valence-corrected chi connectivity index (χ1v) is 5.94. The summed E-state index contributed by atoms with van der Waals surface area (Å²) in [5, 5.41) is 10.9. The minimum atomic E-state index is -1.02. The second-order valence-corrected chi connectivity index (χ2v) is 4.57. The molecular weight excluding hydrogens is 200 g/mol. The molecule has 0 saturated carbocycles. The van der Waals surface area contributed by atoms with Gasteiger partial charge >= 0.3 is 0 Å². The molecule has 1 aromatic rings. The van der Waals surface area contributed by atoms with Crippen LogP contribution in [0, 0.1) is 0 Å². The molecule has 3 heteroatoms. The van der Waals surface area contributed by atoms with Gasteiger partial charge < -0.3 is 10.8 Å². The predicted octanol–water partition coefficient (Wildman–Crippen LogP) is 1.27. The Morgan fingerprint density at radius 2 is 1.81 bits per heavy atom. The molecule has 88 valence electrons. The van der Waals surface area contributed by atoms with Crippen LogP contribution in [0.4, 0.5) is 0 Å². The molecule has 2 atom stereocenters. The van der Waals surface area contributed by atoms with Crippen LogP contribution in [0.5, 0.6) is 0 Å². The fourth-order valence-corrected chi connectivity index (χ4v) is 2.47. The first-order chi connectivity index (χ1) is 7.65. The average molecular weight is 220 g/mol. The third-order valence-electron chi connectivity index (χ3n) is 3.42. The van der Waals surface area contributed by atoms with E-state index in [2.05, 4.69) is 4.90 Å². The van der Waals surface area contributed by atoms with Crippen molar-refractivity contribution < 1.29 is 5.11 Å². The van der Waals surface area contributed by atoms with Crippen molar-refractivity contribution in [2.45, 2.75) is 31.5 Å². The maximum absolute atomic E-state index is 10.9.